The number of fused-ring (bicyclic) bond motifs is 1. The lowest BCUT2D eigenvalue weighted by Crippen LogP contribution is -2.13. The quantitative estimate of drug-likeness (QED) is 0.930. The number of carbonyl (C=O) groups excluding carboxylic acids is 1. The summed E-state index contributed by atoms with van der Waals surface area (Å²) in [6, 6.07) is 4.22. The molecule has 2 aromatic rings. The summed E-state index contributed by atoms with van der Waals surface area (Å²) < 4.78 is 15.8. The number of benzene rings is 1. The molecule has 3 rings (SSSR count). The number of nitrogens with two attached hydrogens (primary N) is 1. The Hall–Kier alpha value is -2.17. The molecule has 4 nitrogen and oxygen atoms in total. The van der Waals surface area contributed by atoms with Gasteiger partial charge in [0.15, 0.2) is 0 Å². The third-order valence-corrected chi connectivity index (χ3v) is 3.78. The number of imidazole rings is 1. The first-order valence-corrected chi connectivity index (χ1v) is 6.76. The van der Waals surface area contributed by atoms with Crippen molar-refractivity contribution >= 4 is 5.91 Å². The molecular weight excluding hydrogens is 257 g/mol. The van der Waals surface area contributed by atoms with Crippen LogP contribution in [0.25, 0.3) is 0 Å². The Kier molecular flexibility index (Phi) is 3.26. The standard InChI is InChI=1S/C15H16FN3O/c16-12-6-5-10(15(17)20)7-11(12)8-19-9-18-13-3-1-2-4-14(13)19/h5-7,9H,1-4,8H2,(H2,17,20). The van der Waals surface area contributed by atoms with E-state index in [1.165, 1.54) is 23.9 Å². The summed E-state index contributed by atoms with van der Waals surface area (Å²) in [5, 5.41) is 0. The minimum absolute atomic E-state index is 0.326. The fourth-order valence-electron chi connectivity index (χ4n) is 2.70. The first kappa shape index (κ1) is 12.8. The molecule has 0 spiro atoms. The van der Waals surface area contributed by atoms with E-state index in [0.29, 0.717) is 17.7 Å². The zero-order valence-electron chi connectivity index (χ0n) is 11.1. The molecule has 0 unspecified atom stereocenters. The Labute approximate surface area is 116 Å². The van der Waals surface area contributed by atoms with Crippen LogP contribution in [0, 0.1) is 5.82 Å². The van der Waals surface area contributed by atoms with E-state index in [4.69, 9.17) is 5.73 Å². The average Bonchev–Trinajstić information content (AvgIpc) is 2.84. The highest BCUT2D eigenvalue weighted by molar-refractivity contribution is 5.92. The maximum atomic E-state index is 13.9. The van der Waals surface area contributed by atoms with E-state index in [9.17, 15) is 9.18 Å². The Bertz CT molecular complexity index is 663. The molecule has 0 fully saturated rings. The van der Waals surface area contributed by atoms with E-state index in [1.54, 1.807) is 6.33 Å². The van der Waals surface area contributed by atoms with Crippen molar-refractivity contribution in [1.29, 1.82) is 0 Å². The lowest BCUT2D eigenvalue weighted by atomic mass is 10.0. The normalized spacial score (nSPS) is 14.1. The number of nitrogens with zero attached hydrogens (tertiary/aromatic N) is 2. The highest BCUT2D eigenvalue weighted by Gasteiger charge is 2.16. The van der Waals surface area contributed by atoms with Crippen LogP contribution in [0.5, 0.6) is 0 Å². The monoisotopic (exact) mass is 273 g/mol. The molecule has 0 atom stereocenters. The van der Waals surface area contributed by atoms with Gasteiger partial charge in [-0.25, -0.2) is 9.37 Å². The van der Waals surface area contributed by atoms with Crippen molar-refractivity contribution in [3.05, 3.63) is 52.9 Å². The lowest BCUT2D eigenvalue weighted by molar-refractivity contribution is 0.1000. The van der Waals surface area contributed by atoms with Crippen LogP contribution in [0.15, 0.2) is 24.5 Å². The first-order valence-electron chi connectivity index (χ1n) is 6.76. The molecule has 2 N–H and O–H groups in total. The van der Waals surface area contributed by atoms with Crippen molar-refractivity contribution < 1.29 is 9.18 Å². The molecule has 5 heteroatoms. The second kappa shape index (κ2) is 5.07. The van der Waals surface area contributed by atoms with Gasteiger partial charge < -0.3 is 10.3 Å². The number of aryl methyl sites for hydroxylation is 1. The molecule has 0 radical (unpaired) electrons. The van der Waals surface area contributed by atoms with E-state index in [1.807, 2.05) is 4.57 Å². The second-order valence-electron chi connectivity index (χ2n) is 5.14. The van der Waals surface area contributed by atoms with Gasteiger partial charge in [0.25, 0.3) is 0 Å². The molecule has 1 aliphatic carbocycles. The van der Waals surface area contributed by atoms with Crippen LogP contribution in [-0.2, 0) is 19.4 Å². The topological polar surface area (TPSA) is 60.9 Å². The summed E-state index contributed by atoms with van der Waals surface area (Å²) in [6.07, 6.45) is 6.03. The van der Waals surface area contributed by atoms with Crippen molar-refractivity contribution in [1.82, 2.24) is 9.55 Å². The van der Waals surface area contributed by atoms with Crippen LogP contribution in [0.1, 0.15) is 40.2 Å². The minimum atomic E-state index is -0.543. The van der Waals surface area contributed by atoms with E-state index in [0.717, 1.165) is 31.4 Å². The summed E-state index contributed by atoms with van der Waals surface area (Å²) in [5.41, 5.74) is 8.32. The maximum Gasteiger partial charge on any atom is 0.248 e. The van der Waals surface area contributed by atoms with Crippen molar-refractivity contribution in [2.24, 2.45) is 5.73 Å². The Morgan fingerprint density at radius 2 is 2.15 bits per heavy atom. The largest absolute Gasteiger partial charge is 0.366 e. The molecule has 1 heterocycles. The van der Waals surface area contributed by atoms with Crippen LogP contribution >= 0.6 is 0 Å². The molecule has 0 bridgehead atoms. The molecule has 1 aliphatic rings. The Morgan fingerprint density at radius 3 is 2.95 bits per heavy atom. The fourth-order valence-corrected chi connectivity index (χ4v) is 2.70. The molecule has 104 valence electrons. The molecule has 20 heavy (non-hydrogen) atoms. The second-order valence-corrected chi connectivity index (χ2v) is 5.14. The van der Waals surface area contributed by atoms with Gasteiger partial charge in [-0.1, -0.05) is 0 Å². The Morgan fingerprint density at radius 1 is 1.35 bits per heavy atom. The number of primary amides is 1. The highest BCUT2D eigenvalue weighted by Crippen LogP contribution is 2.21. The van der Waals surface area contributed by atoms with Crippen molar-refractivity contribution in [2.75, 3.05) is 0 Å². The maximum absolute atomic E-state index is 13.9. The number of halogens is 1. The van der Waals surface area contributed by atoms with Gasteiger partial charge >= 0.3 is 0 Å². The third kappa shape index (κ3) is 2.31. The fraction of sp³-hybridized carbons (Fsp3) is 0.333. The smallest absolute Gasteiger partial charge is 0.248 e. The van der Waals surface area contributed by atoms with E-state index < -0.39 is 5.91 Å². The van der Waals surface area contributed by atoms with Crippen LogP contribution in [-0.4, -0.2) is 15.5 Å². The van der Waals surface area contributed by atoms with Crippen LogP contribution in [0.4, 0.5) is 4.39 Å². The first-order chi connectivity index (χ1) is 9.65. The lowest BCUT2D eigenvalue weighted by Gasteiger charge is -2.14. The SMILES string of the molecule is NC(=O)c1ccc(F)c(Cn2cnc3c2CCCC3)c1. The van der Waals surface area contributed by atoms with Crippen molar-refractivity contribution in [3.8, 4) is 0 Å². The van der Waals surface area contributed by atoms with Gasteiger partial charge in [0.2, 0.25) is 5.91 Å². The zero-order chi connectivity index (χ0) is 14.1. The number of hydrogen-bond donors (Lipinski definition) is 1. The van der Waals surface area contributed by atoms with Gasteiger partial charge in [0.1, 0.15) is 5.82 Å². The number of rotatable bonds is 3. The summed E-state index contributed by atoms with van der Waals surface area (Å²) >= 11 is 0. The molecular formula is C15H16FN3O. The molecule has 1 aromatic heterocycles. The third-order valence-electron chi connectivity index (χ3n) is 3.78. The van der Waals surface area contributed by atoms with E-state index in [-0.39, 0.29) is 5.82 Å². The van der Waals surface area contributed by atoms with Crippen molar-refractivity contribution in [2.45, 2.75) is 32.2 Å². The minimum Gasteiger partial charge on any atom is -0.366 e. The van der Waals surface area contributed by atoms with E-state index in [2.05, 4.69) is 4.98 Å². The molecule has 1 amide bonds. The molecule has 0 saturated heterocycles. The van der Waals surface area contributed by atoms with Crippen LogP contribution < -0.4 is 5.73 Å². The molecule has 0 aliphatic heterocycles. The van der Waals surface area contributed by atoms with Gasteiger partial charge in [-0.3, -0.25) is 4.79 Å². The predicted molar refractivity (Wildman–Crippen MR) is 72.9 cm³/mol. The van der Waals surface area contributed by atoms with Gasteiger partial charge in [-0.05, 0) is 43.9 Å². The van der Waals surface area contributed by atoms with Gasteiger partial charge in [0, 0.05) is 16.8 Å². The van der Waals surface area contributed by atoms with Gasteiger partial charge in [-0.15, -0.1) is 0 Å². The average molecular weight is 273 g/mol. The summed E-state index contributed by atoms with van der Waals surface area (Å²) in [4.78, 5) is 15.6. The predicted octanol–water partition coefficient (Wildman–Crippen LogP) is 2.05. The zero-order valence-corrected chi connectivity index (χ0v) is 11.1. The number of carbonyl (C=O) groups is 1. The van der Waals surface area contributed by atoms with Crippen LogP contribution in [0.2, 0.25) is 0 Å². The van der Waals surface area contributed by atoms with Gasteiger partial charge in [0.05, 0.1) is 18.6 Å². The summed E-state index contributed by atoms with van der Waals surface area (Å²) in [6.45, 7) is 0.384. The van der Waals surface area contributed by atoms with E-state index >= 15 is 0 Å². The number of aromatic nitrogens is 2. The Balaban J connectivity index is 1.93. The highest BCUT2D eigenvalue weighted by atomic mass is 19.1. The molecule has 1 aromatic carbocycles. The van der Waals surface area contributed by atoms with Crippen LogP contribution in [0.3, 0.4) is 0 Å². The summed E-state index contributed by atoms with van der Waals surface area (Å²) in [7, 11) is 0. The van der Waals surface area contributed by atoms with Crippen molar-refractivity contribution in [3.63, 3.8) is 0 Å². The summed E-state index contributed by atoms with van der Waals surface area (Å²) in [5.74, 6) is -0.868. The molecule has 0 saturated carbocycles. The number of amides is 1. The number of hydrogen-bond acceptors (Lipinski definition) is 2. The van der Waals surface area contributed by atoms with Gasteiger partial charge in [-0.2, -0.15) is 0 Å².